The highest BCUT2D eigenvalue weighted by Gasteiger charge is 2.38. The van der Waals surface area contributed by atoms with E-state index in [1.165, 1.54) is 6.92 Å². The van der Waals surface area contributed by atoms with Crippen molar-refractivity contribution >= 4 is 21.9 Å². The molecule has 0 aliphatic rings. The van der Waals surface area contributed by atoms with Crippen LogP contribution in [0.2, 0.25) is 0 Å². The lowest BCUT2D eigenvalue weighted by molar-refractivity contribution is -0.156. The second-order valence-electron chi connectivity index (χ2n) is 3.23. The lowest BCUT2D eigenvalue weighted by Crippen LogP contribution is -2.38. The van der Waals surface area contributed by atoms with Crippen LogP contribution in [0.15, 0.2) is 30.3 Å². The summed E-state index contributed by atoms with van der Waals surface area (Å²) >= 11 is 3.18. The molecule has 14 heavy (non-hydrogen) atoms. The zero-order valence-corrected chi connectivity index (χ0v) is 9.23. The van der Waals surface area contributed by atoms with E-state index in [9.17, 15) is 9.90 Å². The highest BCUT2D eigenvalue weighted by atomic mass is 79.9. The van der Waals surface area contributed by atoms with E-state index in [1.54, 1.807) is 24.3 Å². The maximum Gasteiger partial charge on any atom is 0.336 e. The summed E-state index contributed by atoms with van der Waals surface area (Å²) < 4.78 is 0. The molecule has 2 atom stereocenters. The predicted octanol–water partition coefficient (Wildman–Crippen LogP) is 1.96. The highest BCUT2D eigenvalue weighted by molar-refractivity contribution is 9.09. The van der Waals surface area contributed by atoms with E-state index in [4.69, 9.17) is 5.11 Å². The molecule has 4 heteroatoms. The minimum absolute atomic E-state index is 0.617. The summed E-state index contributed by atoms with van der Waals surface area (Å²) in [6.45, 7) is 1.27. The number of carboxylic acids is 1. The summed E-state index contributed by atoms with van der Waals surface area (Å²) in [5, 5.41) is 18.5. The molecule has 1 aromatic carbocycles. The van der Waals surface area contributed by atoms with Gasteiger partial charge in [0, 0.05) is 0 Å². The van der Waals surface area contributed by atoms with Crippen molar-refractivity contribution in [2.75, 3.05) is 0 Å². The van der Waals surface area contributed by atoms with Gasteiger partial charge in [0.2, 0.25) is 0 Å². The normalized spacial score (nSPS) is 17.1. The van der Waals surface area contributed by atoms with Gasteiger partial charge in [-0.05, 0) is 12.5 Å². The van der Waals surface area contributed by atoms with Crippen molar-refractivity contribution in [2.24, 2.45) is 0 Å². The zero-order valence-electron chi connectivity index (χ0n) is 7.64. The van der Waals surface area contributed by atoms with Crippen molar-refractivity contribution in [3.63, 3.8) is 0 Å². The zero-order chi connectivity index (χ0) is 10.8. The third-order valence-corrected chi connectivity index (χ3v) is 3.44. The molecule has 0 fully saturated rings. The summed E-state index contributed by atoms with van der Waals surface area (Å²) in [6, 6.07) is 8.94. The van der Waals surface area contributed by atoms with Gasteiger partial charge in [-0.15, -0.1) is 0 Å². The molecule has 0 aliphatic carbocycles. The Hall–Kier alpha value is -0.870. The molecule has 3 nitrogen and oxygen atoms in total. The average Bonchev–Trinajstić information content (AvgIpc) is 2.17. The number of hydrogen-bond acceptors (Lipinski definition) is 2. The summed E-state index contributed by atoms with van der Waals surface area (Å²) in [5.41, 5.74) is -1.07. The maximum atomic E-state index is 10.8. The van der Waals surface area contributed by atoms with Crippen LogP contribution in [0, 0.1) is 0 Å². The number of rotatable bonds is 3. The fourth-order valence-electron chi connectivity index (χ4n) is 1.05. The fraction of sp³-hybridized carbons (Fsp3) is 0.300. The molecule has 76 valence electrons. The molecule has 2 N–H and O–H groups in total. The Morgan fingerprint density at radius 1 is 1.43 bits per heavy atom. The van der Waals surface area contributed by atoms with Crippen molar-refractivity contribution in [1.29, 1.82) is 0 Å². The Morgan fingerprint density at radius 2 is 1.93 bits per heavy atom. The first kappa shape index (κ1) is 11.2. The van der Waals surface area contributed by atoms with Gasteiger partial charge in [-0.25, -0.2) is 4.79 Å². The molecule has 0 aliphatic heterocycles. The summed E-state index contributed by atoms with van der Waals surface area (Å²) in [7, 11) is 0. The molecular weight excluding hydrogens is 248 g/mol. The fourth-order valence-corrected chi connectivity index (χ4v) is 1.56. The molecule has 0 bridgehead atoms. The number of hydrogen-bond donors (Lipinski definition) is 2. The van der Waals surface area contributed by atoms with Crippen LogP contribution in [0.4, 0.5) is 0 Å². The van der Waals surface area contributed by atoms with E-state index >= 15 is 0 Å². The molecule has 0 amide bonds. The van der Waals surface area contributed by atoms with Gasteiger partial charge in [0.05, 0.1) is 4.83 Å². The standard InChI is InChI=1S/C10H11BrO3/c1-10(14,9(12)13)8(11)7-5-3-2-4-6-7/h2-6,8,14H,1H3,(H,12,13)/t8-,10-/m1/s1. The molecule has 0 unspecified atom stereocenters. The number of aliphatic carboxylic acids is 1. The molecule has 0 spiro atoms. The number of carbonyl (C=O) groups is 1. The number of alkyl halides is 1. The lowest BCUT2D eigenvalue weighted by Gasteiger charge is -2.24. The van der Waals surface area contributed by atoms with Crippen molar-refractivity contribution in [2.45, 2.75) is 17.4 Å². The van der Waals surface area contributed by atoms with E-state index in [0.29, 0.717) is 0 Å². The van der Waals surface area contributed by atoms with Crippen LogP contribution >= 0.6 is 15.9 Å². The van der Waals surface area contributed by atoms with Crippen LogP contribution < -0.4 is 0 Å². The van der Waals surface area contributed by atoms with E-state index < -0.39 is 16.4 Å². The third-order valence-electron chi connectivity index (χ3n) is 2.02. The Morgan fingerprint density at radius 3 is 2.36 bits per heavy atom. The van der Waals surface area contributed by atoms with Gasteiger partial charge in [0.1, 0.15) is 0 Å². The Labute approximate surface area is 90.5 Å². The highest BCUT2D eigenvalue weighted by Crippen LogP contribution is 2.33. The topological polar surface area (TPSA) is 57.5 Å². The molecule has 0 aromatic heterocycles. The Kier molecular flexibility index (Phi) is 3.29. The second kappa shape index (κ2) is 4.11. The Balaban J connectivity index is 2.96. The van der Waals surface area contributed by atoms with E-state index in [0.717, 1.165) is 5.56 Å². The molecule has 0 saturated heterocycles. The van der Waals surface area contributed by atoms with Crippen LogP contribution in [-0.2, 0) is 4.79 Å². The minimum atomic E-state index is -1.80. The largest absolute Gasteiger partial charge is 0.479 e. The number of halogens is 1. The molecule has 1 aromatic rings. The lowest BCUT2D eigenvalue weighted by atomic mass is 9.97. The number of benzene rings is 1. The molecule has 0 saturated carbocycles. The molecule has 0 radical (unpaired) electrons. The third kappa shape index (κ3) is 2.13. The SMILES string of the molecule is C[C@](O)(C(=O)O)[C@H](Br)c1ccccc1. The smallest absolute Gasteiger partial charge is 0.336 e. The van der Waals surface area contributed by atoms with Crippen LogP contribution in [0.25, 0.3) is 0 Å². The van der Waals surface area contributed by atoms with Gasteiger partial charge < -0.3 is 10.2 Å². The minimum Gasteiger partial charge on any atom is -0.479 e. The maximum absolute atomic E-state index is 10.8. The average molecular weight is 259 g/mol. The summed E-state index contributed by atoms with van der Waals surface area (Å²) in [6.07, 6.45) is 0. The van der Waals surface area contributed by atoms with E-state index in [-0.39, 0.29) is 0 Å². The summed E-state index contributed by atoms with van der Waals surface area (Å²) in [4.78, 5) is 10.1. The van der Waals surface area contributed by atoms with Gasteiger partial charge in [-0.2, -0.15) is 0 Å². The molecular formula is C10H11BrO3. The second-order valence-corrected chi connectivity index (χ2v) is 4.14. The van der Waals surface area contributed by atoms with Gasteiger partial charge in [-0.3, -0.25) is 0 Å². The van der Waals surface area contributed by atoms with Gasteiger partial charge in [0.15, 0.2) is 5.60 Å². The van der Waals surface area contributed by atoms with Crippen molar-refractivity contribution in [1.82, 2.24) is 0 Å². The van der Waals surface area contributed by atoms with Gasteiger partial charge in [0.25, 0.3) is 0 Å². The van der Waals surface area contributed by atoms with Crippen molar-refractivity contribution < 1.29 is 15.0 Å². The quantitative estimate of drug-likeness (QED) is 0.816. The Bertz CT molecular complexity index is 321. The first-order chi connectivity index (χ1) is 6.46. The van der Waals surface area contributed by atoms with Crippen LogP contribution in [0.3, 0.4) is 0 Å². The van der Waals surface area contributed by atoms with E-state index in [1.807, 2.05) is 6.07 Å². The van der Waals surface area contributed by atoms with Gasteiger partial charge >= 0.3 is 5.97 Å². The van der Waals surface area contributed by atoms with Gasteiger partial charge in [-0.1, -0.05) is 46.3 Å². The monoisotopic (exact) mass is 258 g/mol. The van der Waals surface area contributed by atoms with Crippen LogP contribution in [0.1, 0.15) is 17.3 Å². The predicted molar refractivity (Wildman–Crippen MR) is 56.4 cm³/mol. The first-order valence-electron chi connectivity index (χ1n) is 4.11. The number of carboxylic acid groups (broad SMARTS) is 1. The van der Waals surface area contributed by atoms with E-state index in [2.05, 4.69) is 15.9 Å². The molecule has 1 rings (SSSR count). The molecule has 0 heterocycles. The van der Waals surface area contributed by atoms with Crippen molar-refractivity contribution in [3.8, 4) is 0 Å². The first-order valence-corrected chi connectivity index (χ1v) is 5.02. The summed E-state index contributed by atoms with van der Waals surface area (Å²) in [5.74, 6) is -1.25. The van der Waals surface area contributed by atoms with Crippen LogP contribution in [0.5, 0.6) is 0 Å². The van der Waals surface area contributed by atoms with Crippen molar-refractivity contribution in [3.05, 3.63) is 35.9 Å². The van der Waals surface area contributed by atoms with Crippen LogP contribution in [-0.4, -0.2) is 21.8 Å². The number of aliphatic hydroxyl groups is 1.